The number of hydrogen-bond donors (Lipinski definition) is 1. The number of rotatable bonds is 5. The largest absolute Gasteiger partial charge is 0.311 e. The average Bonchev–Trinajstić information content (AvgIpc) is 2.41. The summed E-state index contributed by atoms with van der Waals surface area (Å²) in [5, 5.41) is 3.32. The molecule has 1 N–H and O–H groups in total. The van der Waals surface area contributed by atoms with Crippen molar-refractivity contribution in [3.05, 3.63) is 52.5 Å². The molecular formula is C16H21N3O. The van der Waals surface area contributed by atoms with Gasteiger partial charge in [-0.25, -0.2) is 4.98 Å². The first-order valence-electron chi connectivity index (χ1n) is 6.85. The van der Waals surface area contributed by atoms with E-state index in [0.717, 1.165) is 16.6 Å². The van der Waals surface area contributed by atoms with E-state index in [2.05, 4.69) is 30.7 Å². The summed E-state index contributed by atoms with van der Waals surface area (Å²) < 4.78 is 1.75. The average molecular weight is 271 g/mol. The van der Waals surface area contributed by atoms with E-state index in [1.54, 1.807) is 11.5 Å². The molecule has 0 aliphatic rings. The zero-order valence-electron chi connectivity index (χ0n) is 12.3. The predicted octanol–water partition coefficient (Wildman–Crippen LogP) is 2.26. The van der Waals surface area contributed by atoms with Crippen LogP contribution in [0.15, 0.2) is 41.2 Å². The fourth-order valence-electron chi connectivity index (χ4n) is 2.11. The lowest BCUT2D eigenvalue weighted by Crippen LogP contribution is -2.29. The number of aryl methyl sites for hydroxylation is 1. The predicted molar refractivity (Wildman–Crippen MR) is 83.0 cm³/mol. The molecule has 0 spiro atoms. The molecule has 1 aromatic heterocycles. The van der Waals surface area contributed by atoms with E-state index in [4.69, 9.17) is 0 Å². The van der Waals surface area contributed by atoms with E-state index in [9.17, 15) is 4.79 Å². The topological polar surface area (TPSA) is 46.9 Å². The molecule has 0 bridgehead atoms. The summed E-state index contributed by atoms with van der Waals surface area (Å²) in [6, 6.07) is 8.10. The van der Waals surface area contributed by atoms with E-state index in [0.29, 0.717) is 24.8 Å². The van der Waals surface area contributed by atoms with E-state index in [-0.39, 0.29) is 5.56 Å². The Labute approximate surface area is 119 Å². The molecule has 0 unspecified atom stereocenters. The minimum atomic E-state index is -0.0469. The highest BCUT2D eigenvalue weighted by atomic mass is 16.1. The molecule has 106 valence electrons. The van der Waals surface area contributed by atoms with Crippen LogP contribution in [0.1, 0.15) is 19.5 Å². The lowest BCUT2D eigenvalue weighted by Gasteiger charge is -2.14. The van der Waals surface area contributed by atoms with Crippen LogP contribution in [0.2, 0.25) is 0 Å². The van der Waals surface area contributed by atoms with Crippen LogP contribution in [-0.4, -0.2) is 22.1 Å². The van der Waals surface area contributed by atoms with Crippen molar-refractivity contribution in [2.24, 2.45) is 0 Å². The van der Waals surface area contributed by atoms with Crippen LogP contribution in [0.4, 0.5) is 0 Å². The Kier molecular flexibility index (Phi) is 4.35. The second-order valence-electron chi connectivity index (χ2n) is 5.36. The molecule has 4 heteroatoms. The fraction of sp³-hybridized carbons (Fsp3) is 0.375. The van der Waals surface area contributed by atoms with E-state index >= 15 is 0 Å². The molecular weight excluding hydrogens is 250 g/mol. The maximum Gasteiger partial charge on any atom is 0.272 e. The molecule has 0 amide bonds. The first-order valence-corrected chi connectivity index (χ1v) is 6.85. The molecule has 1 heterocycles. The summed E-state index contributed by atoms with van der Waals surface area (Å²) in [6.45, 7) is 11.2. The number of para-hydroxylation sites is 2. The van der Waals surface area contributed by atoms with Crippen LogP contribution >= 0.6 is 0 Å². The van der Waals surface area contributed by atoms with Crippen molar-refractivity contribution >= 4 is 11.0 Å². The maximum absolute atomic E-state index is 12.3. The summed E-state index contributed by atoms with van der Waals surface area (Å²) in [5.74, 6) is 0. The number of nitrogens with zero attached hydrogens (tertiary/aromatic N) is 2. The third-order valence-electron chi connectivity index (χ3n) is 3.16. The summed E-state index contributed by atoms with van der Waals surface area (Å²) in [6.07, 6.45) is 0. The standard InChI is InChI=1S/C16H21N3O/c1-11(2)17-9-12(3)10-19-15-8-6-5-7-14(15)18-13(4)16(19)20/h5-8,11,17H,3,9-10H2,1-2,4H3. The molecule has 4 nitrogen and oxygen atoms in total. The van der Waals surface area contributed by atoms with Gasteiger partial charge in [-0.2, -0.15) is 0 Å². The molecule has 2 rings (SSSR count). The lowest BCUT2D eigenvalue weighted by atomic mass is 10.2. The Bertz CT molecular complexity index is 686. The van der Waals surface area contributed by atoms with Crippen molar-refractivity contribution in [3.63, 3.8) is 0 Å². The van der Waals surface area contributed by atoms with Gasteiger partial charge in [0, 0.05) is 19.1 Å². The van der Waals surface area contributed by atoms with E-state index < -0.39 is 0 Å². The second kappa shape index (κ2) is 6.01. The van der Waals surface area contributed by atoms with Crippen LogP contribution in [0.25, 0.3) is 11.0 Å². The summed E-state index contributed by atoms with van der Waals surface area (Å²) in [4.78, 5) is 16.6. The summed E-state index contributed by atoms with van der Waals surface area (Å²) in [5.41, 5.74) is 3.15. The van der Waals surface area contributed by atoms with Crippen molar-refractivity contribution in [2.75, 3.05) is 6.54 Å². The smallest absolute Gasteiger partial charge is 0.272 e. The van der Waals surface area contributed by atoms with E-state index in [1.807, 2.05) is 24.3 Å². The SMILES string of the molecule is C=C(CNC(C)C)Cn1c(=O)c(C)nc2ccccc21. The first kappa shape index (κ1) is 14.5. The molecule has 0 fully saturated rings. The van der Waals surface area contributed by atoms with E-state index in [1.165, 1.54) is 0 Å². The van der Waals surface area contributed by atoms with Gasteiger partial charge in [0.1, 0.15) is 5.69 Å². The molecule has 1 aromatic carbocycles. The Morgan fingerprint density at radius 1 is 1.40 bits per heavy atom. The third-order valence-corrected chi connectivity index (χ3v) is 3.16. The minimum Gasteiger partial charge on any atom is -0.311 e. The van der Waals surface area contributed by atoms with Crippen molar-refractivity contribution in [2.45, 2.75) is 33.4 Å². The zero-order valence-corrected chi connectivity index (χ0v) is 12.3. The van der Waals surface area contributed by atoms with Crippen LogP contribution in [0.3, 0.4) is 0 Å². The molecule has 2 aromatic rings. The normalized spacial score (nSPS) is 11.2. The van der Waals surface area contributed by atoms with Gasteiger partial charge in [-0.15, -0.1) is 0 Å². The minimum absolute atomic E-state index is 0.0469. The third kappa shape index (κ3) is 3.14. The van der Waals surface area contributed by atoms with Gasteiger partial charge in [-0.05, 0) is 24.6 Å². The highest BCUT2D eigenvalue weighted by Crippen LogP contribution is 2.11. The van der Waals surface area contributed by atoms with Gasteiger partial charge in [0.25, 0.3) is 5.56 Å². The van der Waals surface area contributed by atoms with Crippen molar-refractivity contribution in [1.29, 1.82) is 0 Å². The molecule has 0 aliphatic heterocycles. The number of hydrogen-bond acceptors (Lipinski definition) is 3. The van der Waals surface area contributed by atoms with Gasteiger partial charge in [0.2, 0.25) is 0 Å². The van der Waals surface area contributed by atoms with Crippen LogP contribution < -0.4 is 10.9 Å². The molecule has 0 saturated heterocycles. The quantitative estimate of drug-likeness (QED) is 0.849. The summed E-state index contributed by atoms with van der Waals surface area (Å²) >= 11 is 0. The number of aromatic nitrogens is 2. The number of benzene rings is 1. The number of nitrogens with one attached hydrogen (secondary N) is 1. The molecule has 0 atom stereocenters. The van der Waals surface area contributed by atoms with Gasteiger partial charge >= 0.3 is 0 Å². The molecule has 0 radical (unpaired) electrons. The van der Waals surface area contributed by atoms with Crippen molar-refractivity contribution < 1.29 is 0 Å². The first-order chi connectivity index (χ1) is 9.49. The highest BCUT2D eigenvalue weighted by molar-refractivity contribution is 5.74. The second-order valence-corrected chi connectivity index (χ2v) is 5.36. The van der Waals surface area contributed by atoms with Gasteiger partial charge in [-0.1, -0.05) is 32.6 Å². The highest BCUT2D eigenvalue weighted by Gasteiger charge is 2.08. The van der Waals surface area contributed by atoms with Crippen LogP contribution in [-0.2, 0) is 6.54 Å². The summed E-state index contributed by atoms with van der Waals surface area (Å²) in [7, 11) is 0. The Morgan fingerprint density at radius 2 is 2.10 bits per heavy atom. The monoisotopic (exact) mass is 271 g/mol. The van der Waals surface area contributed by atoms with Crippen molar-refractivity contribution in [1.82, 2.24) is 14.9 Å². The Balaban J connectivity index is 2.36. The zero-order chi connectivity index (χ0) is 14.7. The number of fused-ring (bicyclic) bond motifs is 1. The van der Waals surface area contributed by atoms with Gasteiger partial charge in [0.15, 0.2) is 0 Å². The Hall–Kier alpha value is -1.94. The molecule has 0 saturated carbocycles. The fourth-order valence-corrected chi connectivity index (χ4v) is 2.11. The lowest BCUT2D eigenvalue weighted by molar-refractivity contribution is 0.602. The van der Waals surface area contributed by atoms with Crippen LogP contribution in [0.5, 0.6) is 0 Å². The van der Waals surface area contributed by atoms with Crippen molar-refractivity contribution in [3.8, 4) is 0 Å². The van der Waals surface area contributed by atoms with Gasteiger partial charge in [-0.3, -0.25) is 4.79 Å². The molecule has 0 aliphatic carbocycles. The van der Waals surface area contributed by atoms with Gasteiger partial charge < -0.3 is 9.88 Å². The van der Waals surface area contributed by atoms with Crippen LogP contribution in [0, 0.1) is 6.92 Å². The molecule has 20 heavy (non-hydrogen) atoms. The van der Waals surface area contributed by atoms with Gasteiger partial charge in [0.05, 0.1) is 11.0 Å². The Morgan fingerprint density at radius 3 is 2.80 bits per heavy atom. The maximum atomic E-state index is 12.3.